The minimum atomic E-state index is -4.56. The summed E-state index contributed by atoms with van der Waals surface area (Å²) in [5.41, 5.74) is -1.85. The Kier molecular flexibility index (Phi) is 5.38. The Morgan fingerprint density at radius 1 is 1.29 bits per heavy atom. The van der Waals surface area contributed by atoms with Crippen molar-refractivity contribution in [1.82, 2.24) is 9.97 Å². The summed E-state index contributed by atoms with van der Waals surface area (Å²) in [6.07, 6.45) is -4.59. The van der Waals surface area contributed by atoms with Crippen LogP contribution in [0, 0.1) is 0 Å². The Morgan fingerprint density at radius 2 is 1.90 bits per heavy atom. The van der Waals surface area contributed by atoms with E-state index >= 15 is 0 Å². The van der Waals surface area contributed by atoms with Gasteiger partial charge in [0.25, 0.3) is 0 Å². The van der Waals surface area contributed by atoms with Crippen molar-refractivity contribution in [3.8, 4) is 0 Å². The molecule has 1 atom stereocenters. The third-order valence-corrected chi connectivity index (χ3v) is 3.04. The highest BCUT2D eigenvalue weighted by molar-refractivity contribution is 5.45. The molecule has 3 N–H and O–H groups in total. The minimum absolute atomic E-state index is 0.0156. The van der Waals surface area contributed by atoms with Gasteiger partial charge < -0.3 is 15.7 Å². The second-order valence-corrected chi connectivity index (χ2v) is 5.41. The van der Waals surface area contributed by atoms with Crippen LogP contribution < -0.4 is 10.6 Å². The van der Waals surface area contributed by atoms with Gasteiger partial charge in [-0.25, -0.2) is 4.98 Å². The first-order valence-electron chi connectivity index (χ1n) is 6.72. The number of nitrogens with one attached hydrogen (secondary N) is 2. The lowest BCUT2D eigenvalue weighted by molar-refractivity contribution is -0.141. The molecule has 0 aliphatic carbocycles. The second-order valence-electron chi connectivity index (χ2n) is 5.41. The van der Waals surface area contributed by atoms with Crippen LogP contribution in [0.1, 0.15) is 39.8 Å². The van der Waals surface area contributed by atoms with Gasteiger partial charge in [0.05, 0.1) is 11.6 Å². The van der Waals surface area contributed by atoms with Crippen molar-refractivity contribution in [3.63, 3.8) is 0 Å². The van der Waals surface area contributed by atoms with Crippen molar-refractivity contribution in [3.05, 3.63) is 11.8 Å². The molecule has 1 unspecified atom stereocenters. The van der Waals surface area contributed by atoms with Gasteiger partial charge in [0.2, 0.25) is 5.95 Å². The van der Waals surface area contributed by atoms with Gasteiger partial charge in [0.15, 0.2) is 5.69 Å². The molecule has 0 saturated heterocycles. The molecule has 0 spiro atoms. The lowest BCUT2D eigenvalue weighted by Gasteiger charge is -2.30. The van der Waals surface area contributed by atoms with Crippen LogP contribution in [-0.4, -0.2) is 33.3 Å². The van der Waals surface area contributed by atoms with E-state index in [0.717, 1.165) is 12.5 Å². The van der Waals surface area contributed by atoms with Gasteiger partial charge in [0.1, 0.15) is 5.82 Å². The minimum Gasteiger partial charge on any atom is -0.391 e. The predicted molar refractivity (Wildman–Crippen MR) is 75.2 cm³/mol. The highest BCUT2D eigenvalue weighted by Crippen LogP contribution is 2.30. The third kappa shape index (κ3) is 5.04. The molecule has 8 heteroatoms. The van der Waals surface area contributed by atoms with E-state index in [1.807, 2.05) is 6.92 Å². The van der Waals surface area contributed by atoms with Crippen LogP contribution in [0.5, 0.6) is 0 Å². The average Bonchev–Trinajstić information content (AvgIpc) is 2.34. The molecule has 1 aromatic heterocycles. The van der Waals surface area contributed by atoms with Gasteiger partial charge >= 0.3 is 6.18 Å². The molecule has 0 radical (unpaired) electrons. The number of aliphatic hydroxyl groups excluding tert-OH is 1. The highest BCUT2D eigenvalue weighted by Gasteiger charge is 2.34. The number of hydrogen-bond acceptors (Lipinski definition) is 5. The van der Waals surface area contributed by atoms with Crippen LogP contribution >= 0.6 is 0 Å². The van der Waals surface area contributed by atoms with E-state index in [9.17, 15) is 18.3 Å². The number of hydrogen-bond donors (Lipinski definition) is 3. The van der Waals surface area contributed by atoms with Crippen molar-refractivity contribution < 1.29 is 18.3 Å². The van der Waals surface area contributed by atoms with Crippen molar-refractivity contribution in [2.45, 2.75) is 51.9 Å². The largest absolute Gasteiger partial charge is 0.433 e. The Balaban J connectivity index is 3.13. The quantitative estimate of drug-likeness (QED) is 0.754. The van der Waals surface area contributed by atoms with Crippen LogP contribution in [0.3, 0.4) is 0 Å². The molecule has 21 heavy (non-hydrogen) atoms. The van der Waals surface area contributed by atoms with E-state index in [4.69, 9.17) is 0 Å². The summed E-state index contributed by atoms with van der Waals surface area (Å²) in [7, 11) is 0. The Morgan fingerprint density at radius 3 is 2.38 bits per heavy atom. The number of aliphatic hydroxyl groups is 1. The van der Waals surface area contributed by atoms with Gasteiger partial charge in [-0.2, -0.15) is 18.2 Å². The molecule has 0 aromatic carbocycles. The van der Waals surface area contributed by atoms with Crippen molar-refractivity contribution in [2.24, 2.45) is 0 Å². The normalized spacial score (nSPS) is 13.9. The third-order valence-electron chi connectivity index (χ3n) is 3.04. The monoisotopic (exact) mass is 306 g/mol. The average molecular weight is 306 g/mol. The Hall–Kier alpha value is -1.57. The summed E-state index contributed by atoms with van der Waals surface area (Å²) in [6.45, 7) is 7.25. The molecule has 1 aromatic rings. The van der Waals surface area contributed by atoms with Crippen LogP contribution in [0.15, 0.2) is 6.07 Å². The fourth-order valence-electron chi connectivity index (χ4n) is 1.41. The van der Waals surface area contributed by atoms with Crippen molar-refractivity contribution in [1.29, 1.82) is 0 Å². The molecule has 0 aliphatic heterocycles. The number of halogens is 3. The molecule has 1 rings (SSSR count). The first-order valence-corrected chi connectivity index (χ1v) is 6.72. The van der Waals surface area contributed by atoms with Gasteiger partial charge in [-0.05, 0) is 27.2 Å². The summed E-state index contributed by atoms with van der Waals surface area (Å²) in [5, 5.41) is 15.2. The number of nitrogens with zero attached hydrogens (tertiary/aromatic N) is 2. The Bertz CT molecular complexity index is 475. The van der Waals surface area contributed by atoms with Crippen molar-refractivity contribution >= 4 is 11.8 Å². The smallest absolute Gasteiger partial charge is 0.391 e. The molecule has 120 valence electrons. The number of aromatic nitrogens is 2. The van der Waals surface area contributed by atoms with E-state index in [2.05, 4.69) is 20.6 Å². The zero-order valence-electron chi connectivity index (χ0n) is 12.5. The molecule has 0 bridgehead atoms. The predicted octanol–water partition coefficient (Wildman–Crippen LogP) is 2.89. The highest BCUT2D eigenvalue weighted by atomic mass is 19.4. The van der Waals surface area contributed by atoms with Gasteiger partial charge in [0, 0.05) is 12.6 Å². The standard InChI is InChI=1S/C13H21F3N4O/c1-5-6-17-11-18-9(13(14,15)16)7-10(19-11)20-12(3,4)8(2)21/h7-8,21H,5-6H2,1-4H3,(H2,17,18,19,20). The lowest BCUT2D eigenvalue weighted by Crippen LogP contribution is -2.42. The summed E-state index contributed by atoms with van der Waals surface area (Å²) in [4.78, 5) is 7.47. The lowest BCUT2D eigenvalue weighted by atomic mass is 9.99. The topological polar surface area (TPSA) is 70.1 Å². The second kappa shape index (κ2) is 6.46. The van der Waals surface area contributed by atoms with Crippen LogP contribution in [0.4, 0.5) is 24.9 Å². The van der Waals surface area contributed by atoms with Crippen LogP contribution in [0.25, 0.3) is 0 Å². The molecule has 1 heterocycles. The van der Waals surface area contributed by atoms with Gasteiger partial charge in [-0.3, -0.25) is 0 Å². The van der Waals surface area contributed by atoms with Crippen LogP contribution in [0.2, 0.25) is 0 Å². The number of alkyl halides is 3. The maximum Gasteiger partial charge on any atom is 0.433 e. The fourth-order valence-corrected chi connectivity index (χ4v) is 1.41. The van der Waals surface area contributed by atoms with E-state index in [-0.39, 0.29) is 11.8 Å². The molecular formula is C13H21F3N4O. The van der Waals surface area contributed by atoms with Gasteiger partial charge in [-0.1, -0.05) is 6.92 Å². The van der Waals surface area contributed by atoms with E-state index in [0.29, 0.717) is 6.54 Å². The maximum absolute atomic E-state index is 12.9. The molecule has 0 fully saturated rings. The first kappa shape index (κ1) is 17.5. The summed E-state index contributed by atoms with van der Waals surface area (Å²) < 4.78 is 38.6. The maximum atomic E-state index is 12.9. The zero-order chi connectivity index (χ0) is 16.3. The zero-order valence-corrected chi connectivity index (χ0v) is 12.5. The van der Waals surface area contributed by atoms with E-state index in [1.54, 1.807) is 20.8 Å². The van der Waals surface area contributed by atoms with Crippen molar-refractivity contribution in [2.75, 3.05) is 17.2 Å². The SMILES string of the molecule is CCCNc1nc(NC(C)(C)C(C)O)cc(C(F)(F)F)n1. The summed E-state index contributed by atoms with van der Waals surface area (Å²) in [6, 6.07) is 0.835. The molecule has 0 saturated carbocycles. The number of rotatable bonds is 6. The molecule has 5 nitrogen and oxygen atoms in total. The van der Waals surface area contributed by atoms with Gasteiger partial charge in [-0.15, -0.1) is 0 Å². The fraction of sp³-hybridized carbons (Fsp3) is 0.692. The molecular weight excluding hydrogens is 285 g/mol. The summed E-state index contributed by atoms with van der Waals surface area (Å²) in [5.74, 6) is -0.0719. The molecule has 0 aliphatic rings. The van der Waals surface area contributed by atoms with Crippen LogP contribution in [-0.2, 0) is 6.18 Å². The van der Waals surface area contributed by atoms with E-state index in [1.165, 1.54) is 0 Å². The summed E-state index contributed by atoms with van der Waals surface area (Å²) >= 11 is 0. The molecule has 0 amide bonds. The Labute approximate surface area is 122 Å². The van der Waals surface area contributed by atoms with E-state index < -0.39 is 23.5 Å². The first-order chi connectivity index (χ1) is 9.56. The number of anilines is 2.